The molecule has 0 saturated carbocycles. The van der Waals surface area contributed by atoms with E-state index in [9.17, 15) is 27.6 Å². The number of halogens is 5. The first-order valence-electron chi connectivity index (χ1n) is 20.4. The number of hydrogen-bond acceptors (Lipinski definition) is 9. The number of fused-ring (bicyclic) bond motifs is 3. The Balaban J connectivity index is 1.15. The van der Waals surface area contributed by atoms with Crippen molar-refractivity contribution in [3.63, 3.8) is 0 Å². The summed E-state index contributed by atoms with van der Waals surface area (Å²) in [6, 6.07) is 15.2. The molecule has 2 amide bonds. The van der Waals surface area contributed by atoms with Crippen LogP contribution >= 0.6 is 11.6 Å². The highest BCUT2D eigenvalue weighted by molar-refractivity contribution is 6.33. The Labute approximate surface area is 364 Å². The van der Waals surface area contributed by atoms with E-state index in [2.05, 4.69) is 20.4 Å². The van der Waals surface area contributed by atoms with Crippen LogP contribution in [0.15, 0.2) is 71.8 Å². The zero-order valence-electron chi connectivity index (χ0n) is 35.2. The second kappa shape index (κ2) is 16.8. The van der Waals surface area contributed by atoms with Crippen LogP contribution in [-0.4, -0.2) is 77.9 Å². The fraction of sp³-hybridized carbons (Fsp3) is 0.356. The summed E-state index contributed by atoms with van der Waals surface area (Å²) in [6.45, 7) is 6.17. The molecule has 1 aliphatic heterocycles. The van der Waals surface area contributed by atoms with Crippen molar-refractivity contribution in [3.8, 4) is 17.1 Å². The van der Waals surface area contributed by atoms with Crippen molar-refractivity contribution >= 4 is 34.9 Å². The molecule has 1 spiro atoms. The SMILES string of the molecule is Cc1cc(-c2nc3n(CC(=O)Nc4ccc(C(F)(F)F)cc4Cl)c4c(c(=O)n3n2)C2(CCN(C(=O)c3ncnc(C)c3OCc3ccccc3)CC2)CC4C)cc(F)c1CN(C)C. The Bertz CT molecular complexity index is 2800. The van der Waals surface area contributed by atoms with Crippen LogP contribution in [0.25, 0.3) is 17.2 Å². The number of carbonyl (C=O) groups is 2. The number of aromatic nitrogens is 6. The molecule has 63 heavy (non-hydrogen) atoms. The quantitative estimate of drug-likeness (QED) is 0.137. The summed E-state index contributed by atoms with van der Waals surface area (Å²) in [6.07, 6.45) is -2.00. The predicted octanol–water partition coefficient (Wildman–Crippen LogP) is 7.74. The van der Waals surface area contributed by atoms with Crippen LogP contribution in [0.2, 0.25) is 5.02 Å². The van der Waals surface area contributed by atoms with Crippen molar-refractivity contribution in [2.45, 2.75) is 77.2 Å². The standard InChI is InChI=1S/C45H44ClF4N9O4/c1-25-17-29(18-33(47)31(25)21-56(4)5)40-54-43-58(22-35(60)53-34-12-11-30(19-32(34)46)45(48,49)50)38-26(2)20-44(36(38)41(61)59(43)55-40)13-15-57(16-14-44)42(62)37-39(27(3)51-24-52-37)63-23-28-9-7-6-8-10-28/h6-12,17-19,24,26H,13-16,20-23H2,1-5H3,(H,53,60). The second-order valence-corrected chi connectivity index (χ2v) is 17.0. The fourth-order valence-corrected chi connectivity index (χ4v) is 9.18. The van der Waals surface area contributed by atoms with Crippen LogP contribution < -0.4 is 15.6 Å². The third-order valence-corrected chi connectivity index (χ3v) is 12.2. The van der Waals surface area contributed by atoms with Crippen LogP contribution in [0, 0.1) is 19.7 Å². The molecule has 3 aromatic carbocycles. The average Bonchev–Trinajstić information content (AvgIpc) is 3.81. The molecule has 3 aromatic heterocycles. The molecule has 4 heterocycles. The van der Waals surface area contributed by atoms with Crippen LogP contribution in [0.4, 0.5) is 23.2 Å². The third-order valence-electron chi connectivity index (χ3n) is 11.9. The number of likely N-dealkylation sites (tertiary alicyclic amines) is 1. The van der Waals surface area contributed by atoms with E-state index in [1.165, 1.54) is 12.4 Å². The lowest BCUT2D eigenvalue weighted by Gasteiger charge is -2.39. The van der Waals surface area contributed by atoms with Gasteiger partial charge in [0.25, 0.3) is 11.5 Å². The van der Waals surface area contributed by atoms with Crippen molar-refractivity contribution in [2.75, 3.05) is 32.5 Å². The molecule has 1 aliphatic carbocycles. The normalized spacial score (nSPS) is 15.9. The smallest absolute Gasteiger partial charge is 0.416 e. The molecule has 8 rings (SSSR count). The molecule has 1 unspecified atom stereocenters. The molecule has 1 atom stereocenters. The van der Waals surface area contributed by atoms with Gasteiger partial charge in [0.1, 0.15) is 25.3 Å². The molecular formula is C45H44ClF4N9O4. The number of nitrogens with one attached hydrogen (secondary N) is 1. The first-order chi connectivity index (χ1) is 29.9. The topological polar surface area (TPSA) is 140 Å². The van der Waals surface area contributed by atoms with Gasteiger partial charge in [0.2, 0.25) is 11.7 Å². The maximum absolute atomic E-state index is 15.6. The number of hydrogen-bond donors (Lipinski definition) is 1. The largest absolute Gasteiger partial charge is 0.485 e. The Morgan fingerprint density at radius 3 is 2.43 bits per heavy atom. The molecular weight excluding hydrogens is 842 g/mol. The molecule has 0 radical (unpaired) electrons. The first-order valence-corrected chi connectivity index (χ1v) is 20.7. The molecule has 18 heteroatoms. The molecule has 0 bridgehead atoms. The summed E-state index contributed by atoms with van der Waals surface area (Å²) in [5.74, 6) is -1.37. The number of anilines is 1. The van der Waals surface area contributed by atoms with Crippen molar-refractivity contribution in [1.29, 1.82) is 0 Å². The third kappa shape index (κ3) is 8.38. The summed E-state index contributed by atoms with van der Waals surface area (Å²) in [5, 5.41) is 6.92. The van der Waals surface area contributed by atoms with Crippen molar-refractivity contribution < 1.29 is 31.9 Å². The summed E-state index contributed by atoms with van der Waals surface area (Å²) in [7, 11) is 3.67. The zero-order chi connectivity index (χ0) is 45.0. The van der Waals surface area contributed by atoms with Gasteiger partial charge in [-0.2, -0.15) is 22.7 Å². The Hall–Kier alpha value is -6.20. The maximum atomic E-state index is 15.6. The fourth-order valence-electron chi connectivity index (χ4n) is 8.95. The molecule has 13 nitrogen and oxygen atoms in total. The number of piperidine rings is 1. The minimum absolute atomic E-state index is 0.0246. The summed E-state index contributed by atoms with van der Waals surface area (Å²) in [4.78, 5) is 59.7. The predicted molar refractivity (Wildman–Crippen MR) is 227 cm³/mol. The van der Waals surface area contributed by atoms with Crippen molar-refractivity contribution in [3.05, 3.63) is 133 Å². The lowest BCUT2D eigenvalue weighted by molar-refractivity contribution is -0.137. The number of carbonyl (C=O) groups excluding carboxylic acids is 2. The van der Waals surface area contributed by atoms with Crippen molar-refractivity contribution in [1.82, 2.24) is 38.9 Å². The van der Waals surface area contributed by atoms with Crippen LogP contribution in [0.5, 0.6) is 5.75 Å². The number of amides is 2. The van der Waals surface area contributed by atoms with Gasteiger partial charge in [0.05, 0.1) is 22.0 Å². The molecule has 328 valence electrons. The van der Waals surface area contributed by atoms with E-state index in [0.717, 1.165) is 28.3 Å². The number of benzene rings is 3. The molecule has 2 aliphatic rings. The molecule has 1 N–H and O–H groups in total. The number of rotatable bonds is 10. The van der Waals surface area contributed by atoms with E-state index in [0.29, 0.717) is 59.4 Å². The summed E-state index contributed by atoms with van der Waals surface area (Å²) in [5.41, 5.74) is 1.82. The Kier molecular flexibility index (Phi) is 11.6. The van der Waals surface area contributed by atoms with Gasteiger partial charge in [0, 0.05) is 47.4 Å². The summed E-state index contributed by atoms with van der Waals surface area (Å²) >= 11 is 6.21. The monoisotopic (exact) mass is 885 g/mol. The van der Waals surface area contributed by atoms with Gasteiger partial charge in [-0.1, -0.05) is 48.9 Å². The van der Waals surface area contributed by atoms with E-state index >= 15 is 4.39 Å². The molecule has 1 fully saturated rings. The lowest BCUT2D eigenvalue weighted by Crippen LogP contribution is -2.47. The van der Waals surface area contributed by atoms with E-state index < -0.39 is 41.0 Å². The van der Waals surface area contributed by atoms with Crippen molar-refractivity contribution in [2.24, 2.45) is 0 Å². The minimum atomic E-state index is -4.64. The van der Waals surface area contributed by atoms with Gasteiger partial charge in [-0.05, 0) is 94.6 Å². The molecule has 1 saturated heterocycles. The zero-order valence-corrected chi connectivity index (χ0v) is 35.9. The average molecular weight is 886 g/mol. The highest BCUT2D eigenvalue weighted by Gasteiger charge is 2.49. The van der Waals surface area contributed by atoms with Gasteiger partial charge in [-0.15, -0.1) is 5.10 Å². The van der Waals surface area contributed by atoms with E-state index in [1.807, 2.05) is 56.3 Å². The Morgan fingerprint density at radius 2 is 1.76 bits per heavy atom. The first kappa shape index (κ1) is 43.4. The van der Waals surface area contributed by atoms with Crippen LogP contribution in [0.1, 0.15) is 81.8 Å². The minimum Gasteiger partial charge on any atom is -0.485 e. The van der Waals surface area contributed by atoms with Gasteiger partial charge in [0.15, 0.2) is 17.3 Å². The number of nitrogens with zero attached hydrogens (tertiary/aromatic N) is 8. The van der Waals surface area contributed by atoms with E-state index in [-0.39, 0.29) is 65.3 Å². The summed E-state index contributed by atoms with van der Waals surface area (Å²) < 4.78 is 64.6. The lowest BCUT2D eigenvalue weighted by atomic mass is 9.73. The molecule has 6 aromatic rings. The van der Waals surface area contributed by atoms with Gasteiger partial charge >= 0.3 is 6.18 Å². The van der Waals surface area contributed by atoms with Crippen LogP contribution in [0.3, 0.4) is 0 Å². The van der Waals surface area contributed by atoms with E-state index in [4.69, 9.17) is 21.3 Å². The highest BCUT2D eigenvalue weighted by atomic mass is 35.5. The van der Waals surface area contributed by atoms with E-state index in [1.54, 1.807) is 29.4 Å². The van der Waals surface area contributed by atoms with Crippen LogP contribution in [-0.2, 0) is 36.1 Å². The van der Waals surface area contributed by atoms with Gasteiger partial charge in [-0.3, -0.25) is 14.4 Å². The van der Waals surface area contributed by atoms with Gasteiger partial charge in [-0.25, -0.2) is 14.4 Å². The number of ether oxygens (including phenoxy) is 1. The maximum Gasteiger partial charge on any atom is 0.416 e. The second-order valence-electron chi connectivity index (χ2n) is 16.6. The van der Waals surface area contributed by atoms with Gasteiger partial charge < -0.3 is 24.4 Å². The number of alkyl halides is 3. The highest BCUT2D eigenvalue weighted by Crippen LogP contribution is 2.50. The Morgan fingerprint density at radius 1 is 1.03 bits per heavy atom. The number of aryl methyl sites for hydroxylation is 2.